The fraction of sp³-hybridized carbons (Fsp3) is 0.462. The van der Waals surface area contributed by atoms with Gasteiger partial charge in [0.05, 0.1) is 17.7 Å². The summed E-state index contributed by atoms with van der Waals surface area (Å²) < 4.78 is 4.67. The van der Waals surface area contributed by atoms with Crippen LogP contribution < -0.4 is 5.32 Å². The number of anilines is 1. The van der Waals surface area contributed by atoms with Crippen LogP contribution in [0.2, 0.25) is 5.02 Å². The van der Waals surface area contributed by atoms with Crippen LogP contribution in [0.4, 0.5) is 5.69 Å². The Morgan fingerprint density at radius 1 is 1.35 bits per heavy atom. The largest absolute Gasteiger partial charge is 0.465 e. The Morgan fingerprint density at radius 2 is 2.00 bits per heavy atom. The molecule has 0 aliphatic carbocycles. The summed E-state index contributed by atoms with van der Waals surface area (Å²) in [5.74, 6) is 0.0862. The standard InChI is InChI=1S/C13H18ClNO2/c1-8(2)9(3)15-10-5-6-12(14)11(7-10)13(16)17-4/h5-9,15H,1-4H3. The SMILES string of the molecule is COC(=O)c1cc(NC(C)C(C)C)ccc1Cl. The van der Waals surface area contributed by atoms with Crippen molar-refractivity contribution in [2.45, 2.75) is 26.8 Å². The van der Waals surface area contributed by atoms with Gasteiger partial charge in [-0.2, -0.15) is 0 Å². The van der Waals surface area contributed by atoms with Crippen LogP contribution in [0.5, 0.6) is 0 Å². The molecule has 1 atom stereocenters. The lowest BCUT2D eigenvalue weighted by Crippen LogP contribution is -2.21. The van der Waals surface area contributed by atoms with E-state index in [0.717, 1.165) is 5.69 Å². The van der Waals surface area contributed by atoms with Gasteiger partial charge in [0, 0.05) is 11.7 Å². The summed E-state index contributed by atoms with van der Waals surface area (Å²) in [7, 11) is 1.34. The number of benzene rings is 1. The molecule has 1 N–H and O–H groups in total. The van der Waals surface area contributed by atoms with Gasteiger partial charge in [0.2, 0.25) is 0 Å². The second kappa shape index (κ2) is 5.92. The van der Waals surface area contributed by atoms with Crippen molar-refractivity contribution in [3.63, 3.8) is 0 Å². The smallest absolute Gasteiger partial charge is 0.339 e. The van der Waals surface area contributed by atoms with E-state index in [1.165, 1.54) is 7.11 Å². The van der Waals surface area contributed by atoms with E-state index in [-0.39, 0.29) is 0 Å². The van der Waals surface area contributed by atoms with Gasteiger partial charge in [-0.25, -0.2) is 4.79 Å². The molecule has 0 amide bonds. The first-order chi connectivity index (χ1) is 7.95. The summed E-state index contributed by atoms with van der Waals surface area (Å²) in [6.07, 6.45) is 0. The van der Waals surface area contributed by atoms with Crippen LogP contribution in [-0.2, 0) is 4.74 Å². The highest BCUT2D eigenvalue weighted by Gasteiger charge is 2.13. The lowest BCUT2D eigenvalue weighted by molar-refractivity contribution is 0.0601. The monoisotopic (exact) mass is 255 g/mol. The molecule has 0 aliphatic heterocycles. The minimum Gasteiger partial charge on any atom is -0.465 e. The summed E-state index contributed by atoms with van der Waals surface area (Å²) in [6.45, 7) is 6.36. The Labute approximate surface area is 107 Å². The third-order valence-corrected chi connectivity index (χ3v) is 3.10. The number of methoxy groups -OCH3 is 1. The molecule has 0 aliphatic rings. The molecule has 1 aromatic rings. The Kier molecular flexibility index (Phi) is 4.82. The fourth-order valence-corrected chi connectivity index (χ4v) is 1.51. The zero-order valence-corrected chi connectivity index (χ0v) is 11.3. The molecule has 0 aromatic heterocycles. The third kappa shape index (κ3) is 3.63. The third-order valence-electron chi connectivity index (χ3n) is 2.77. The number of hydrogen-bond donors (Lipinski definition) is 1. The van der Waals surface area contributed by atoms with E-state index < -0.39 is 5.97 Å². The van der Waals surface area contributed by atoms with Crippen LogP contribution >= 0.6 is 11.6 Å². The zero-order chi connectivity index (χ0) is 13.0. The number of esters is 1. The summed E-state index contributed by atoms with van der Waals surface area (Å²) in [4.78, 5) is 11.5. The normalized spacial score (nSPS) is 12.4. The Balaban J connectivity index is 2.93. The van der Waals surface area contributed by atoms with E-state index >= 15 is 0 Å². The van der Waals surface area contributed by atoms with Gasteiger partial charge in [0.1, 0.15) is 0 Å². The molecule has 0 radical (unpaired) electrons. The molecule has 1 aromatic carbocycles. The summed E-state index contributed by atoms with van der Waals surface area (Å²) >= 11 is 5.94. The topological polar surface area (TPSA) is 38.3 Å². The molecule has 0 spiro atoms. The van der Waals surface area contributed by atoms with Crippen LogP contribution in [0, 0.1) is 5.92 Å². The van der Waals surface area contributed by atoms with Crippen molar-refractivity contribution in [3.8, 4) is 0 Å². The minimum atomic E-state index is -0.421. The average Bonchev–Trinajstić information content (AvgIpc) is 2.30. The number of hydrogen-bond acceptors (Lipinski definition) is 3. The van der Waals surface area contributed by atoms with Crippen molar-refractivity contribution >= 4 is 23.3 Å². The van der Waals surface area contributed by atoms with Crippen molar-refractivity contribution in [2.75, 3.05) is 12.4 Å². The molecule has 1 rings (SSSR count). The van der Waals surface area contributed by atoms with Gasteiger partial charge in [-0.1, -0.05) is 25.4 Å². The molecular formula is C13H18ClNO2. The molecule has 0 saturated carbocycles. The quantitative estimate of drug-likeness (QED) is 0.836. The average molecular weight is 256 g/mol. The van der Waals surface area contributed by atoms with Gasteiger partial charge in [-0.3, -0.25) is 0 Å². The minimum absolute atomic E-state index is 0.321. The molecular weight excluding hydrogens is 238 g/mol. The van der Waals surface area contributed by atoms with Crippen molar-refractivity contribution in [2.24, 2.45) is 5.92 Å². The van der Waals surface area contributed by atoms with Crippen LogP contribution in [0.3, 0.4) is 0 Å². The summed E-state index contributed by atoms with van der Waals surface area (Å²) in [6, 6.07) is 5.59. The highest BCUT2D eigenvalue weighted by atomic mass is 35.5. The first kappa shape index (κ1) is 13.8. The van der Waals surface area contributed by atoms with Crippen molar-refractivity contribution in [3.05, 3.63) is 28.8 Å². The Bertz CT molecular complexity index is 404. The van der Waals surface area contributed by atoms with E-state index in [4.69, 9.17) is 11.6 Å². The molecule has 1 unspecified atom stereocenters. The number of nitrogens with one attached hydrogen (secondary N) is 1. The molecule has 0 heterocycles. The molecule has 0 saturated heterocycles. The first-order valence-corrected chi connectivity index (χ1v) is 5.98. The zero-order valence-electron chi connectivity index (χ0n) is 10.6. The van der Waals surface area contributed by atoms with Gasteiger partial charge in [-0.05, 0) is 31.0 Å². The molecule has 3 nitrogen and oxygen atoms in total. The lowest BCUT2D eigenvalue weighted by Gasteiger charge is -2.19. The number of carbonyl (C=O) groups excluding carboxylic acids is 1. The van der Waals surface area contributed by atoms with E-state index in [2.05, 4.69) is 30.8 Å². The highest BCUT2D eigenvalue weighted by Crippen LogP contribution is 2.22. The van der Waals surface area contributed by atoms with E-state index in [1.54, 1.807) is 12.1 Å². The molecule has 17 heavy (non-hydrogen) atoms. The van der Waals surface area contributed by atoms with Crippen molar-refractivity contribution < 1.29 is 9.53 Å². The van der Waals surface area contributed by atoms with Crippen LogP contribution in [-0.4, -0.2) is 19.1 Å². The van der Waals surface area contributed by atoms with Gasteiger partial charge < -0.3 is 10.1 Å². The van der Waals surface area contributed by atoms with E-state index in [1.807, 2.05) is 6.07 Å². The maximum absolute atomic E-state index is 11.5. The van der Waals surface area contributed by atoms with Gasteiger partial charge in [0.25, 0.3) is 0 Å². The van der Waals surface area contributed by atoms with Crippen molar-refractivity contribution in [1.82, 2.24) is 0 Å². The maximum atomic E-state index is 11.5. The van der Waals surface area contributed by atoms with E-state index in [0.29, 0.717) is 22.5 Å². The van der Waals surface area contributed by atoms with Gasteiger partial charge in [0.15, 0.2) is 0 Å². The number of rotatable bonds is 4. The van der Waals surface area contributed by atoms with E-state index in [9.17, 15) is 4.79 Å². The van der Waals surface area contributed by atoms with Crippen molar-refractivity contribution in [1.29, 1.82) is 0 Å². The lowest BCUT2D eigenvalue weighted by atomic mass is 10.1. The maximum Gasteiger partial charge on any atom is 0.339 e. The number of carbonyl (C=O) groups is 1. The second-order valence-corrected chi connectivity index (χ2v) is 4.77. The van der Waals surface area contributed by atoms with Gasteiger partial charge >= 0.3 is 5.97 Å². The molecule has 0 fully saturated rings. The van der Waals surface area contributed by atoms with Gasteiger partial charge in [-0.15, -0.1) is 0 Å². The first-order valence-electron chi connectivity index (χ1n) is 5.60. The summed E-state index contributed by atoms with van der Waals surface area (Å²) in [5.41, 5.74) is 1.26. The molecule has 0 bridgehead atoms. The second-order valence-electron chi connectivity index (χ2n) is 4.36. The van der Waals surface area contributed by atoms with Crippen LogP contribution in [0.15, 0.2) is 18.2 Å². The Hall–Kier alpha value is -1.22. The highest BCUT2D eigenvalue weighted by molar-refractivity contribution is 6.33. The van der Waals surface area contributed by atoms with Crippen LogP contribution in [0.25, 0.3) is 0 Å². The predicted octanol–water partition coefficient (Wildman–Crippen LogP) is 3.58. The molecule has 94 valence electrons. The predicted molar refractivity (Wildman–Crippen MR) is 70.7 cm³/mol. The number of halogens is 1. The summed E-state index contributed by atoms with van der Waals surface area (Å²) in [5, 5.41) is 3.72. The van der Waals surface area contributed by atoms with Crippen LogP contribution in [0.1, 0.15) is 31.1 Å². The molecule has 4 heteroatoms. The number of ether oxygens (including phenoxy) is 1. The Morgan fingerprint density at radius 3 is 2.53 bits per heavy atom. The fourth-order valence-electron chi connectivity index (χ4n) is 1.31.